The molecule has 0 aliphatic carbocycles. The first-order chi connectivity index (χ1) is 6.61. The standard InChI is InChI=1S/C11H22O3/c1-7-8(2)11(13-5)10(6-12-4)14-9(7)3/h7-11H,6H2,1-5H3/t7-,8?,9-,10?,11+/m0/s1. The van der Waals surface area contributed by atoms with Crippen LogP contribution in [0.3, 0.4) is 0 Å². The van der Waals surface area contributed by atoms with Crippen LogP contribution in [0.5, 0.6) is 0 Å². The van der Waals surface area contributed by atoms with E-state index >= 15 is 0 Å². The van der Waals surface area contributed by atoms with E-state index in [1.54, 1.807) is 14.2 Å². The number of methoxy groups -OCH3 is 2. The van der Waals surface area contributed by atoms with Gasteiger partial charge < -0.3 is 14.2 Å². The van der Waals surface area contributed by atoms with Crippen molar-refractivity contribution in [2.75, 3.05) is 20.8 Å². The zero-order valence-electron chi connectivity index (χ0n) is 9.82. The molecule has 0 aromatic rings. The lowest BCUT2D eigenvalue weighted by atomic mass is 9.82. The number of hydrogen-bond acceptors (Lipinski definition) is 3. The van der Waals surface area contributed by atoms with Gasteiger partial charge in [0.05, 0.1) is 18.8 Å². The summed E-state index contributed by atoms with van der Waals surface area (Å²) in [6.07, 6.45) is 0.517. The van der Waals surface area contributed by atoms with E-state index in [1.165, 1.54) is 0 Å². The summed E-state index contributed by atoms with van der Waals surface area (Å²) in [5.41, 5.74) is 0. The third-order valence-electron chi connectivity index (χ3n) is 3.45. The number of rotatable bonds is 3. The minimum Gasteiger partial charge on any atom is -0.382 e. The van der Waals surface area contributed by atoms with E-state index in [0.717, 1.165) is 0 Å². The van der Waals surface area contributed by atoms with Gasteiger partial charge >= 0.3 is 0 Å². The molecule has 0 amide bonds. The highest BCUT2D eigenvalue weighted by atomic mass is 16.6. The Morgan fingerprint density at radius 1 is 1.07 bits per heavy atom. The number of ether oxygens (including phenoxy) is 3. The van der Waals surface area contributed by atoms with Gasteiger partial charge in [-0.2, -0.15) is 0 Å². The fourth-order valence-corrected chi connectivity index (χ4v) is 2.21. The Bertz CT molecular complexity index is 172. The minimum absolute atomic E-state index is 0.0752. The first-order valence-electron chi connectivity index (χ1n) is 5.29. The Morgan fingerprint density at radius 3 is 2.21 bits per heavy atom. The molecule has 1 aliphatic heterocycles. The van der Waals surface area contributed by atoms with Crippen molar-refractivity contribution in [3.8, 4) is 0 Å². The number of hydrogen-bond donors (Lipinski definition) is 0. The lowest BCUT2D eigenvalue weighted by Gasteiger charge is -2.42. The Labute approximate surface area is 86.7 Å². The fourth-order valence-electron chi connectivity index (χ4n) is 2.21. The van der Waals surface area contributed by atoms with Gasteiger partial charge in [-0.3, -0.25) is 0 Å². The molecule has 0 aromatic heterocycles. The maximum absolute atomic E-state index is 5.86. The topological polar surface area (TPSA) is 27.7 Å². The molecule has 0 N–H and O–H groups in total. The van der Waals surface area contributed by atoms with Gasteiger partial charge in [0.1, 0.15) is 6.10 Å². The highest BCUT2D eigenvalue weighted by molar-refractivity contribution is 4.87. The summed E-state index contributed by atoms with van der Waals surface area (Å²) < 4.78 is 16.5. The van der Waals surface area contributed by atoms with Gasteiger partial charge in [-0.25, -0.2) is 0 Å². The summed E-state index contributed by atoms with van der Waals surface area (Å²) in [5.74, 6) is 1.05. The summed E-state index contributed by atoms with van der Waals surface area (Å²) >= 11 is 0. The Balaban J connectivity index is 2.66. The van der Waals surface area contributed by atoms with Crippen molar-refractivity contribution in [1.82, 2.24) is 0 Å². The first-order valence-corrected chi connectivity index (χ1v) is 5.29. The van der Waals surface area contributed by atoms with Crippen LogP contribution in [0.25, 0.3) is 0 Å². The molecule has 2 unspecified atom stereocenters. The fraction of sp³-hybridized carbons (Fsp3) is 1.00. The van der Waals surface area contributed by atoms with Crippen LogP contribution in [0.4, 0.5) is 0 Å². The van der Waals surface area contributed by atoms with Crippen LogP contribution in [-0.2, 0) is 14.2 Å². The average molecular weight is 202 g/mol. The van der Waals surface area contributed by atoms with Crippen LogP contribution >= 0.6 is 0 Å². The predicted molar refractivity (Wildman–Crippen MR) is 55.3 cm³/mol. The van der Waals surface area contributed by atoms with E-state index < -0.39 is 0 Å². The third kappa shape index (κ3) is 2.27. The quantitative estimate of drug-likeness (QED) is 0.697. The monoisotopic (exact) mass is 202 g/mol. The summed E-state index contributed by atoms with van der Waals surface area (Å²) in [4.78, 5) is 0. The Kier molecular flexibility index (Phi) is 4.35. The van der Waals surface area contributed by atoms with Crippen LogP contribution in [0, 0.1) is 11.8 Å². The van der Waals surface area contributed by atoms with Gasteiger partial charge in [0.25, 0.3) is 0 Å². The van der Waals surface area contributed by atoms with E-state index in [1.807, 2.05) is 0 Å². The van der Waals surface area contributed by atoms with Gasteiger partial charge in [0, 0.05) is 14.2 Å². The predicted octanol–water partition coefficient (Wildman–Crippen LogP) is 1.71. The van der Waals surface area contributed by atoms with E-state index in [0.29, 0.717) is 18.4 Å². The maximum atomic E-state index is 5.86. The van der Waals surface area contributed by atoms with Gasteiger partial charge in [-0.15, -0.1) is 0 Å². The van der Waals surface area contributed by atoms with E-state index in [2.05, 4.69) is 20.8 Å². The molecule has 0 aromatic carbocycles. The molecule has 3 nitrogen and oxygen atoms in total. The van der Waals surface area contributed by atoms with Crippen molar-refractivity contribution >= 4 is 0 Å². The van der Waals surface area contributed by atoms with Crippen molar-refractivity contribution in [2.45, 2.75) is 39.1 Å². The van der Waals surface area contributed by atoms with Crippen molar-refractivity contribution in [1.29, 1.82) is 0 Å². The van der Waals surface area contributed by atoms with Crippen LogP contribution in [0.15, 0.2) is 0 Å². The molecule has 1 rings (SSSR count). The van der Waals surface area contributed by atoms with Crippen molar-refractivity contribution in [2.24, 2.45) is 11.8 Å². The molecule has 0 saturated carbocycles. The molecule has 0 bridgehead atoms. The molecule has 0 spiro atoms. The molecule has 1 heterocycles. The largest absolute Gasteiger partial charge is 0.382 e. The van der Waals surface area contributed by atoms with Crippen LogP contribution in [-0.4, -0.2) is 39.1 Å². The van der Waals surface area contributed by atoms with E-state index in [9.17, 15) is 0 Å². The molecule has 1 saturated heterocycles. The van der Waals surface area contributed by atoms with Crippen molar-refractivity contribution in [3.63, 3.8) is 0 Å². The van der Waals surface area contributed by atoms with Crippen LogP contribution < -0.4 is 0 Å². The summed E-state index contributed by atoms with van der Waals surface area (Å²) in [6.45, 7) is 7.17. The molecule has 0 radical (unpaired) electrons. The van der Waals surface area contributed by atoms with Crippen LogP contribution in [0.1, 0.15) is 20.8 Å². The second-order valence-electron chi connectivity index (χ2n) is 4.25. The lowest BCUT2D eigenvalue weighted by molar-refractivity contribution is -0.186. The summed E-state index contributed by atoms with van der Waals surface area (Å²) in [5, 5.41) is 0. The first kappa shape index (κ1) is 12.0. The summed E-state index contributed by atoms with van der Waals surface area (Å²) in [7, 11) is 3.44. The zero-order valence-corrected chi connectivity index (χ0v) is 9.82. The molecule has 1 aliphatic rings. The molecular weight excluding hydrogens is 180 g/mol. The normalized spacial score (nSPS) is 43.9. The third-order valence-corrected chi connectivity index (χ3v) is 3.45. The SMILES string of the molecule is COCC1O[C@@H](C)[C@@H](C)C(C)[C@H]1OC. The second kappa shape index (κ2) is 5.10. The highest BCUT2D eigenvalue weighted by Crippen LogP contribution is 2.32. The van der Waals surface area contributed by atoms with Crippen LogP contribution in [0.2, 0.25) is 0 Å². The van der Waals surface area contributed by atoms with Gasteiger partial charge in [-0.05, 0) is 18.8 Å². The molecule has 3 heteroatoms. The zero-order chi connectivity index (χ0) is 10.7. The van der Waals surface area contributed by atoms with Gasteiger partial charge in [0.15, 0.2) is 0 Å². The Hall–Kier alpha value is -0.120. The van der Waals surface area contributed by atoms with E-state index in [4.69, 9.17) is 14.2 Å². The van der Waals surface area contributed by atoms with Crippen molar-refractivity contribution < 1.29 is 14.2 Å². The summed E-state index contributed by atoms with van der Waals surface area (Å²) in [6, 6.07) is 0. The van der Waals surface area contributed by atoms with Crippen molar-refractivity contribution in [3.05, 3.63) is 0 Å². The second-order valence-corrected chi connectivity index (χ2v) is 4.25. The molecule has 5 atom stereocenters. The van der Waals surface area contributed by atoms with Gasteiger partial charge in [0.2, 0.25) is 0 Å². The smallest absolute Gasteiger partial charge is 0.107 e. The van der Waals surface area contributed by atoms with Gasteiger partial charge in [-0.1, -0.05) is 13.8 Å². The molecule has 14 heavy (non-hydrogen) atoms. The molecular formula is C11H22O3. The Morgan fingerprint density at radius 2 is 1.71 bits per heavy atom. The molecule has 1 fully saturated rings. The molecule has 84 valence electrons. The average Bonchev–Trinajstić information content (AvgIpc) is 2.16. The highest BCUT2D eigenvalue weighted by Gasteiger charge is 2.39. The maximum Gasteiger partial charge on any atom is 0.107 e. The lowest BCUT2D eigenvalue weighted by Crippen LogP contribution is -2.50. The minimum atomic E-state index is 0.0752. The van der Waals surface area contributed by atoms with E-state index in [-0.39, 0.29) is 18.3 Å².